The minimum Gasteiger partial charge on any atom is -0.345 e. The number of rotatable bonds is 3. The zero-order valence-electron chi connectivity index (χ0n) is 7.33. The van der Waals surface area contributed by atoms with Crippen LogP contribution in [0, 0.1) is 11.8 Å². The molecule has 4 heteroatoms. The van der Waals surface area contributed by atoms with Crippen LogP contribution in [0.5, 0.6) is 0 Å². The maximum atomic E-state index is 10.9. The lowest BCUT2D eigenvalue weighted by atomic mass is 10.3. The zero-order chi connectivity index (χ0) is 9.52. The Bertz CT molecular complexity index is 321. The Morgan fingerprint density at radius 1 is 1.77 bits per heavy atom. The lowest BCUT2D eigenvalue weighted by molar-refractivity contribution is -0.115. The minimum absolute atomic E-state index is 0.224. The number of nitrogens with zero attached hydrogens (tertiary/aromatic N) is 1. The van der Waals surface area contributed by atoms with Crippen molar-refractivity contribution in [3.05, 3.63) is 16.6 Å². The molecule has 68 valence electrons. The van der Waals surface area contributed by atoms with Crippen LogP contribution in [-0.4, -0.2) is 17.4 Å². The molecule has 1 N–H and O–H groups in total. The second-order valence-corrected chi connectivity index (χ2v) is 3.08. The molecule has 3 nitrogen and oxygen atoms in total. The van der Waals surface area contributed by atoms with Gasteiger partial charge in [0.2, 0.25) is 0 Å². The fourth-order valence-electron chi connectivity index (χ4n) is 0.823. The van der Waals surface area contributed by atoms with Gasteiger partial charge in [0.15, 0.2) is 0 Å². The largest absolute Gasteiger partial charge is 0.345 e. The first-order chi connectivity index (χ1) is 6.33. The third kappa shape index (κ3) is 3.72. The predicted octanol–water partition coefficient (Wildman–Crippen LogP) is 0.825. The topological polar surface area (TPSA) is 42.0 Å². The normalized spacial score (nSPS) is 8.69. The maximum Gasteiger partial charge on any atom is 0.295 e. The third-order valence-corrected chi connectivity index (χ3v) is 2.02. The highest BCUT2D eigenvalue weighted by atomic mass is 32.1. The summed E-state index contributed by atoms with van der Waals surface area (Å²) in [5, 5.41) is 4.64. The first-order valence-corrected chi connectivity index (χ1v) is 4.85. The molecule has 0 spiro atoms. The summed E-state index contributed by atoms with van der Waals surface area (Å²) in [6.07, 6.45) is 0.765. The number of aromatic nitrogens is 1. The quantitative estimate of drug-likeness (QED) is 0.724. The van der Waals surface area contributed by atoms with Gasteiger partial charge in [0.05, 0.1) is 11.2 Å². The highest BCUT2D eigenvalue weighted by Gasteiger charge is 1.96. The van der Waals surface area contributed by atoms with Crippen LogP contribution in [0.4, 0.5) is 0 Å². The van der Waals surface area contributed by atoms with Crippen molar-refractivity contribution in [1.82, 2.24) is 10.3 Å². The maximum absolute atomic E-state index is 10.9. The van der Waals surface area contributed by atoms with Gasteiger partial charge in [-0.15, -0.1) is 11.3 Å². The van der Waals surface area contributed by atoms with E-state index < -0.39 is 0 Å². The van der Waals surface area contributed by atoms with Crippen molar-refractivity contribution in [2.45, 2.75) is 13.3 Å². The lowest BCUT2D eigenvalue weighted by Crippen LogP contribution is -2.23. The van der Waals surface area contributed by atoms with Gasteiger partial charge in [-0.3, -0.25) is 4.79 Å². The molecule has 0 saturated carbocycles. The number of carbonyl (C=O) groups is 1. The molecule has 1 rings (SSSR count). The Balaban J connectivity index is 2.20. The number of thiazole rings is 1. The van der Waals surface area contributed by atoms with Gasteiger partial charge in [-0.05, 0) is 12.8 Å². The van der Waals surface area contributed by atoms with E-state index in [-0.39, 0.29) is 5.91 Å². The Hall–Kier alpha value is -1.34. The SMILES string of the molecule is CC#CC(=O)NCCc1cscn1. The zero-order valence-corrected chi connectivity index (χ0v) is 8.15. The fourth-order valence-corrected chi connectivity index (χ4v) is 1.42. The van der Waals surface area contributed by atoms with Crippen LogP contribution in [0.2, 0.25) is 0 Å². The van der Waals surface area contributed by atoms with Gasteiger partial charge in [0.25, 0.3) is 5.91 Å². The molecular weight excluding hydrogens is 184 g/mol. The van der Waals surface area contributed by atoms with Gasteiger partial charge in [-0.1, -0.05) is 5.92 Å². The second-order valence-electron chi connectivity index (χ2n) is 2.36. The van der Waals surface area contributed by atoms with E-state index in [0.717, 1.165) is 12.1 Å². The molecule has 0 radical (unpaired) electrons. The average molecular weight is 194 g/mol. The van der Waals surface area contributed by atoms with Crippen LogP contribution in [-0.2, 0) is 11.2 Å². The van der Waals surface area contributed by atoms with Crippen LogP contribution in [0.3, 0.4) is 0 Å². The van der Waals surface area contributed by atoms with Crippen LogP contribution < -0.4 is 5.32 Å². The lowest BCUT2D eigenvalue weighted by Gasteiger charge is -1.97. The molecule has 1 amide bonds. The van der Waals surface area contributed by atoms with Gasteiger partial charge in [-0.2, -0.15) is 0 Å². The fraction of sp³-hybridized carbons (Fsp3) is 0.333. The number of nitrogens with one attached hydrogen (secondary N) is 1. The van der Waals surface area contributed by atoms with Crippen molar-refractivity contribution in [3.63, 3.8) is 0 Å². The summed E-state index contributed by atoms with van der Waals surface area (Å²) < 4.78 is 0. The molecule has 0 aliphatic carbocycles. The number of hydrogen-bond acceptors (Lipinski definition) is 3. The molecule has 1 aromatic rings. The molecule has 1 aromatic heterocycles. The van der Waals surface area contributed by atoms with Gasteiger partial charge >= 0.3 is 0 Å². The van der Waals surface area contributed by atoms with E-state index in [1.165, 1.54) is 0 Å². The summed E-state index contributed by atoms with van der Waals surface area (Å²) in [4.78, 5) is 15.0. The standard InChI is InChI=1S/C9H10N2OS/c1-2-3-9(12)10-5-4-8-6-13-7-11-8/h6-7H,4-5H2,1H3,(H,10,12). The first-order valence-electron chi connectivity index (χ1n) is 3.90. The second kappa shape index (κ2) is 5.33. The highest BCUT2D eigenvalue weighted by molar-refractivity contribution is 7.07. The van der Waals surface area contributed by atoms with Gasteiger partial charge in [-0.25, -0.2) is 4.98 Å². The molecule has 0 fully saturated rings. The van der Waals surface area contributed by atoms with E-state index >= 15 is 0 Å². The minimum atomic E-state index is -0.224. The highest BCUT2D eigenvalue weighted by Crippen LogP contribution is 2.00. The van der Waals surface area contributed by atoms with Gasteiger partial charge in [0, 0.05) is 18.3 Å². The van der Waals surface area contributed by atoms with Crippen molar-refractivity contribution in [1.29, 1.82) is 0 Å². The van der Waals surface area contributed by atoms with Crippen molar-refractivity contribution in [3.8, 4) is 11.8 Å². The van der Waals surface area contributed by atoms with Gasteiger partial charge < -0.3 is 5.32 Å². The van der Waals surface area contributed by atoms with Crippen molar-refractivity contribution < 1.29 is 4.79 Å². The van der Waals surface area contributed by atoms with E-state index in [1.807, 2.05) is 5.38 Å². The summed E-state index contributed by atoms with van der Waals surface area (Å²) in [6, 6.07) is 0. The molecule has 0 saturated heterocycles. The summed E-state index contributed by atoms with van der Waals surface area (Å²) in [5.41, 5.74) is 2.79. The van der Waals surface area contributed by atoms with Gasteiger partial charge in [0.1, 0.15) is 0 Å². The van der Waals surface area contributed by atoms with Crippen LogP contribution in [0.15, 0.2) is 10.9 Å². The van der Waals surface area contributed by atoms with Crippen LogP contribution in [0.1, 0.15) is 12.6 Å². The monoisotopic (exact) mass is 194 g/mol. The Morgan fingerprint density at radius 2 is 2.62 bits per heavy atom. The summed E-state index contributed by atoms with van der Waals surface area (Å²) in [6.45, 7) is 2.23. The number of hydrogen-bond donors (Lipinski definition) is 1. The Labute approximate surface area is 81.2 Å². The molecule has 0 unspecified atom stereocenters. The molecule has 0 aromatic carbocycles. The number of amides is 1. The van der Waals surface area contributed by atoms with Crippen LogP contribution >= 0.6 is 11.3 Å². The van der Waals surface area contributed by atoms with Crippen LogP contribution in [0.25, 0.3) is 0 Å². The molecule has 0 aliphatic heterocycles. The van der Waals surface area contributed by atoms with E-state index in [1.54, 1.807) is 23.8 Å². The summed E-state index contributed by atoms with van der Waals surface area (Å²) in [5.74, 6) is 4.72. The van der Waals surface area contributed by atoms with E-state index in [2.05, 4.69) is 22.1 Å². The van der Waals surface area contributed by atoms with E-state index in [0.29, 0.717) is 6.54 Å². The molecule has 0 atom stereocenters. The third-order valence-electron chi connectivity index (χ3n) is 1.39. The first kappa shape index (κ1) is 9.75. The molecule has 0 bridgehead atoms. The summed E-state index contributed by atoms with van der Waals surface area (Å²) >= 11 is 1.56. The number of carbonyl (C=O) groups excluding carboxylic acids is 1. The smallest absolute Gasteiger partial charge is 0.295 e. The van der Waals surface area contributed by atoms with Crippen molar-refractivity contribution in [2.75, 3.05) is 6.54 Å². The predicted molar refractivity (Wildman–Crippen MR) is 52.3 cm³/mol. The molecule has 1 heterocycles. The molecule has 13 heavy (non-hydrogen) atoms. The average Bonchev–Trinajstić information content (AvgIpc) is 2.57. The molecular formula is C9H10N2OS. The Morgan fingerprint density at radius 3 is 3.23 bits per heavy atom. The summed E-state index contributed by atoms with van der Waals surface area (Å²) in [7, 11) is 0. The Kier molecular flexibility index (Phi) is 4.00. The molecule has 0 aliphatic rings. The van der Waals surface area contributed by atoms with Crippen molar-refractivity contribution in [2.24, 2.45) is 0 Å². The van der Waals surface area contributed by atoms with E-state index in [9.17, 15) is 4.79 Å². The van der Waals surface area contributed by atoms with E-state index in [4.69, 9.17) is 0 Å². The van der Waals surface area contributed by atoms with Crippen molar-refractivity contribution >= 4 is 17.2 Å².